The number of amides is 2. The lowest BCUT2D eigenvalue weighted by molar-refractivity contribution is -0.147. The summed E-state index contributed by atoms with van der Waals surface area (Å²) < 4.78 is 34.6. The summed E-state index contributed by atoms with van der Waals surface area (Å²) in [5.41, 5.74) is 3.95. The van der Waals surface area contributed by atoms with Gasteiger partial charge in [0.25, 0.3) is 5.91 Å². The van der Waals surface area contributed by atoms with Crippen molar-refractivity contribution in [3.63, 3.8) is 0 Å². The molecular formula is C29H42ClN3O6S. The lowest BCUT2D eigenvalue weighted by Gasteiger charge is -2.35. The van der Waals surface area contributed by atoms with Crippen molar-refractivity contribution >= 4 is 33.4 Å². The molecule has 1 unspecified atom stereocenters. The average Bonchev–Trinajstić information content (AvgIpc) is 2.96. The number of benzene rings is 2. The minimum Gasteiger partial charge on any atom is -0.497 e. The van der Waals surface area contributed by atoms with Gasteiger partial charge in [-0.3, -0.25) is 15.0 Å². The Balaban J connectivity index is 2.38. The van der Waals surface area contributed by atoms with Crippen molar-refractivity contribution < 1.29 is 27.9 Å². The number of ether oxygens (including phenoxy) is 1. The van der Waals surface area contributed by atoms with Gasteiger partial charge in [-0.15, -0.1) is 11.6 Å². The zero-order chi connectivity index (χ0) is 29.7. The van der Waals surface area contributed by atoms with E-state index < -0.39 is 34.0 Å². The van der Waals surface area contributed by atoms with Crippen LogP contribution in [0.25, 0.3) is 0 Å². The summed E-state index contributed by atoms with van der Waals surface area (Å²) in [5, 5.41) is 12.5. The van der Waals surface area contributed by atoms with Gasteiger partial charge in [-0.1, -0.05) is 63.9 Å². The van der Waals surface area contributed by atoms with Gasteiger partial charge in [0.2, 0.25) is 15.9 Å². The van der Waals surface area contributed by atoms with E-state index in [1.165, 1.54) is 13.2 Å². The van der Waals surface area contributed by atoms with Crippen molar-refractivity contribution in [1.29, 1.82) is 0 Å². The van der Waals surface area contributed by atoms with Crippen molar-refractivity contribution in [1.82, 2.24) is 15.2 Å². The van der Waals surface area contributed by atoms with Gasteiger partial charge in [0, 0.05) is 13.0 Å². The number of nitrogens with one attached hydrogen (secondary N) is 2. The number of aryl methyl sites for hydroxylation is 1. The Morgan fingerprint density at radius 1 is 1.12 bits per heavy atom. The van der Waals surface area contributed by atoms with E-state index in [1.54, 1.807) is 12.1 Å². The predicted octanol–water partition coefficient (Wildman–Crippen LogP) is 3.82. The molecule has 0 aliphatic carbocycles. The zero-order valence-electron chi connectivity index (χ0n) is 23.7. The number of nitrogens with zero attached hydrogens (tertiary/aromatic N) is 1. The van der Waals surface area contributed by atoms with Gasteiger partial charge in [-0.2, -0.15) is 0 Å². The van der Waals surface area contributed by atoms with E-state index >= 15 is 0 Å². The first-order valence-electron chi connectivity index (χ1n) is 13.6. The van der Waals surface area contributed by atoms with Gasteiger partial charge < -0.3 is 9.84 Å². The third-order valence-electron chi connectivity index (χ3n) is 6.76. The van der Waals surface area contributed by atoms with Crippen LogP contribution in [0.15, 0.2) is 53.4 Å². The summed E-state index contributed by atoms with van der Waals surface area (Å²) in [4.78, 5) is 25.7. The number of sulfonamides is 1. The molecular weight excluding hydrogens is 554 g/mol. The van der Waals surface area contributed by atoms with Gasteiger partial charge in [0.15, 0.2) is 0 Å². The molecule has 0 aliphatic heterocycles. The fraction of sp³-hybridized carbons (Fsp3) is 0.517. The molecule has 0 saturated heterocycles. The summed E-state index contributed by atoms with van der Waals surface area (Å²) in [6.07, 6.45) is 1.92. The molecule has 0 aromatic heterocycles. The lowest BCUT2D eigenvalue weighted by Crippen LogP contribution is -2.59. The number of methoxy groups -OCH3 is 1. The first-order valence-corrected chi connectivity index (χ1v) is 15.6. The van der Waals surface area contributed by atoms with Crippen LogP contribution in [0.2, 0.25) is 0 Å². The maximum absolute atomic E-state index is 13.4. The fourth-order valence-corrected chi connectivity index (χ4v) is 5.57. The first kappa shape index (κ1) is 33.5. The van der Waals surface area contributed by atoms with Crippen molar-refractivity contribution in [2.45, 2.75) is 76.3 Å². The third kappa shape index (κ3) is 10.1. The van der Waals surface area contributed by atoms with Crippen molar-refractivity contribution in [2.24, 2.45) is 5.92 Å². The Bertz CT molecular complexity index is 1200. The van der Waals surface area contributed by atoms with Crippen LogP contribution in [0.4, 0.5) is 0 Å². The predicted molar refractivity (Wildman–Crippen MR) is 157 cm³/mol. The van der Waals surface area contributed by atoms with Crippen LogP contribution in [-0.2, 0) is 32.5 Å². The highest BCUT2D eigenvalue weighted by atomic mass is 35.5. The third-order valence-corrected chi connectivity index (χ3v) is 8.52. The highest BCUT2D eigenvalue weighted by Gasteiger charge is 2.33. The maximum atomic E-state index is 13.4. The second-order valence-corrected chi connectivity index (χ2v) is 11.9. The molecule has 0 bridgehead atoms. The number of aliphatic hydroxyl groups is 1. The van der Waals surface area contributed by atoms with E-state index in [-0.39, 0.29) is 36.1 Å². The highest BCUT2D eigenvalue weighted by Crippen LogP contribution is 2.24. The second-order valence-electron chi connectivity index (χ2n) is 9.90. The van der Waals surface area contributed by atoms with Gasteiger partial charge in [0.05, 0.1) is 24.2 Å². The van der Waals surface area contributed by atoms with Crippen LogP contribution >= 0.6 is 11.6 Å². The minimum atomic E-state index is -4.02. The van der Waals surface area contributed by atoms with Crippen LogP contribution in [0.1, 0.15) is 57.6 Å². The number of carbonyl (C=O) groups is 2. The molecule has 0 heterocycles. The standard InChI is InChI=1S/C29H42ClN3O6S/c1-5-7-13-23-18-24(39-4)14-15-27(23)40(37,38)31-20-26(34)25(17-22-11-9-8-10-12-22)33(32-28(35)19-30)29(36)16-21(3)6-2/h8-12,14-15,18,21,25-26,31,34H,5-7,13,16-17,19-20H2,1-4H3,(H,32,35)/t21-,25?,26+/m0/s1. The van der Waals surface area contributed by atoms with Gasteiger partial charge >= 0.3 is 0 Å². The molecule has 0 spiro atoms. The number of rotatable bonds is 16. The van der Waals surface area contributed by atoms with Crippen LogP contribution in [0.3, 0.4) is 0 Å². The number of unbranched alkanes of at least 4 members (excludes halogenated alkanes) is 1. The number of carbonyl (C=O) groups excluding carboxylic acids is 2. The zero-order valence-corrected chi connectivity index (χ0v) is 25.3. The minimum absolute atomic E-state index is 0.0348. The van der Waals surface area contributed by atoms with E-state index in [1.807, 2.05) is 51.1 Å². The summed E-state index contributed by atoms with van der Waals surface area (Å²) >= 11 is 5.73. The van der Waals surface area contributed by atoms with Crippen LogP contribution in [0.5, 0.6) is 5.75 Å². The quantitative estimate of drug-likeness (QED) is 0.200. The number of hydrazine groups is 1. The van der Waals surface area contributed by atoms with Crippen LogP contribution < -0.4 is 14.9 Å². The Morgan fingerprint density at radius 2 is 1.82 bits per heavy atom. The van der Waals surface area contributed by atoms with Crippen molar-refractivity contribution in [3.05, 3.63) is 59.7 Å². The molecule has 2 aromatic rings. The monoisotopic (exact) mass is 595 g/mol. The van der Waals surface area contributed by atoms with Gasteiger partial charge in [-0.05, 0) is 54.5 Å². The summed E-state index contributed by atoms with van der Waals surface area (Å²) in [5.74, 6) is -0.797. The molecule has 3 atom stereocenters. The molecule has 9 nitrogen and oxygen atoms in total. The largest absolute Gasteiger partial charge is 0.497 e. The van der Waals surface area contributed by atoms with Crippen molar-refractivity contribution in [3.8, 4) is 5.75 Å². The smallest absolute Gasteiger partial charge is 0.253 e. The normalized spacial score (nSPS) is 13.8. The lowest BCUT2D eigenvalue weighted by atomic mass is 9.99. The van der Waals surface area contributed by atoms with E-state index in [2.05, 4.69) is 10.1 Å². The molecule has 0 radical (unpaired) electrons. The molecule has 40 heavy (non-hydrogen) atoms. The molecule has 0 saturated carbocycles. The number of aliphatic hydroxyl groups excluding tert-OH is 1. The number of alkyl halides is 1. The van der Waals surface area contributed by atoms with E-state index in [4.69, 9.17) is 16.3 Å². The van der Waals surface area contributed by atoms with Crippen LogP contribution in [0, 0.1) is 5.92 Å². The summed E-state index contributed by atoms with van der Waals surface area (Å²) in [7, 11) is -2.50. The molecule has 2 aromatic carbocycles. The molecule has 11 heteroatoms. The van der Waals surface area contributed by atoms with E-state index in [9.17, 15) is 23.1 Å². The summed E-state index contributed by atoms with van der Waals surface area (Å²) in [6, 6.07) is 13.0. The van der Waals surface area contributed by atoms with Gasteiger partial charge in [0.1, 0.15) is 11.6 Å². The number of halogens is 1. The highest BCUT2D eigenvalue weighted by molar-refractivity contribution is 7.89. The van der Waals surface area contributed by atoms with Crippen LogP contribution in [-0.4, -0.2) is 62.0 Å². The first-order chi connectivity index (χ1) is 19.1. The van der Waals surface area contributed by atoms with Crippen molar-refractivity contribution in [2.75, 3.05) is 19.5 Å². The summed E-state index contributed by atoms with van der Waals surface area (Å²) in [6.45, 7) is 5.51. The molecule has 3 N–H and O–H groups in total. The Labute approximate surface area is 243 Å². The Hall–Kier alpha value is -2.66. The Morgan fingerprint density at radius 3 is 2.42 bits per heavy atom. The molecule has 2 rings (SSSR count). The van der Waals surface area contributed by atoms with E-state index in [0.29, 0.717) is 17.7 Å². The average molecular weight is 596 g/mol. The SMILES string of the molecule is CCCCc1cc(OC)ccc1S(=O)(=O)NC[C@@H](O)C(Cc1ccccc1)N(NC(=O)CCl)C(=O)C[C@@H](C)CC. The molecule has 222 valence electrons. The van der Waals surface area contributed by atoms with E-state index in [0.717, 1.165) is 29.8 Å². The molecule has 2 amide bonds. The maximum Gasteiger partial charge on any atom is 0.253 e. The molecule has 0 fully saturated rings. The number of hydrogen-bond donors (Lipinski definition) is 3. The molecule has 0 aliphatic rings. The second kappa shape index (κ2) is 16.6. The Kier molecular flexibility index (Phi) is 13.9. The number of hydrogen-bond acceptors (Lipinski definition) is 6. The topological polar surface area (TPSA) is 125 Å². The fourth-order valence-electron chi connectivity index (χ4n) is 4.21. The van der Waals surface area contributed by atoms with Gasteiger partial charge in [-0.25, -0.2) is 18.1 Å².